The van der Waals surface area contributed by atoms with Crippen molar-refractivity contribution in [3.05, 3.63) is 0 Å². The van der Waals surface area contributed by atoms with Gasteiger partial charge in [-0.1, -0.05) is 40.5 Å². The quantitative estimate of drug-likeness (QED) is 0.769. The highest BCUT2D eigenvalue weighted by molar-refractivity contribution is 5.79. The van der Waals surface area contributed by atoms with Crippen molar-refractivity contribution in [3.8, 4) is 0 Å². The molecule has 0 aromatic heterocycles. The van der Waals surface area contributed by atoms with Crippen molar-refractivity contribution < 1.29 is 4.79 Å². The number of nitrogens with one attached hydrogen (secondary N) is 1. The number of hydrogen-bond acceptors (Lipinski definition) is 2. The number of carbonyl (C=O) groups is 1. The summed E-state index contributed by atoms with van der Waals surface area (Å²) in [7, 11) is 0. The van der Waals surface area contributed by atoms with Gasteiger partial charge in [-0.2, -0.15) is 0 Å². The van der Waals surface area contributed by atoms with Crippen molar-refractivity contribution in [2.45, 2.75) is 78.3 Å². The summed E-state index contributed by atoms with van der Waals surface area (Å²) in [5, 5.41) is 3.56. The van der Waals surface area contributed by atoms with Gasteiger partial charge in [-0.25, -0.2) is 0 Å². The summed E-state index contributed by atoms with van der Waals surface area (Å²) in [5.74, 6) is 0.662. The molecule has 0 radical (unpaired) electrons. The molecule has 2 unspecified atom stereocenters. The smallest absolute Gasteiger partial charge is 0.226 e. The van der Waals surface area contributed by atoms with Crippen molar-refractivity contribution in [2.24, 2.45) is 5.92 Å². The Labute approximate surface area is 119 Å². The van der Waals surface area contributed by atoms with Gasteiger partial charge in [0.1, 0.15) is 0 Å². The van der Waals surface area contributed by atoms with Crippen LogP contribution in [0, 0.1) is 5.92 Å². The molecule has 0 aromatic carbocycles. The molecule has 0 aromatic rings. The third-order valence-corrected chi connectivity index (χ3v) is 4.37. The molecule has 1 fully saturated rings. The fraction of sp³-hybridized carbons (Fsp3) is 0.938. The lowest BCUT2D eigenvalue weighted by molar-refractivity contribution is -0.140. The van der Waals surface area contributed by atoms with Crippen LogP contribution in [-0.4, -0.2) is 36.0 Å². The zero-order valence-corrected chi connectivity index (χ0v) is 13.2. The van der Waals surface area contributed by atoms with Gasteiger partial charge in [0.2, 0.25) is 5.91 Å². The summed E-state index contributed by atoms with van der Waals surface area (Å²) in [5.41, 5.74) is 0. The van der Waals surface area contributed by atoms with E-state index in [1.54, 1.807) is 0 Å². The maximum Gasteiger partial charge on any atom is 0.226 e. The molecule has 1 amide bonds. The largest absolute Gasteiger partial charge is 0.337 e. The Morgan fingerprint density at radius 1 is 1.16 bits per heavy atom. The maximum atomic E-state index is 12.8. The molecular weight excluding hydrogens is 236 g/mol. The monoisotopic (exact) mass is 268 g/mol. The Morgan fingerprint density at radius 3 is 2.26 bits per heavy atom. The summed E-state index contributed by atoms with van der Waals surface area (Å²) in [4.78, 5) is 15.0. The van der Waals surface area contributed by atoms with Gasteiger partial charge in [-0.05, 0) is 25.7 Å². The molecule has 2 atom stereocenters. The van der Waals surface area contributed by atoms with E-state index in [4.69, 9.17) is 0 Å². The normalized spacial score (nSPS) is 23.9. The Kier molecular flexibility index (Phi) is 7.44. The Bertz CT molecular complexity index is 261. The van der Waals surface area contributed by atoms with Gasteiger partial charge in [-0.3, -0.25) is 4.79 Å². The lowest BCUT2D eigenvalue weighted by Crippen LogP contribution is -2.59. The van der Waals surface area contributed by atoms with Crippen molar-refractivity contribution in [1.82, 2.24) is 10.2 Å². The molecule has 112 valence electrons. The van der Waals surface area contributed by atoms with Gasteiger partial charge in [0.05, 0.1) is 0 Å². The molecule has 0 spiro atoms. The molecular formula is C16H32N2O. The highest BCUT2D eigenvalue weighted by atomic mass is 16.2. The standard InChI is InChI=1S/C16H32N2O/c1-5-9-13(10-6-2)16(19)18-12-14(7-3)17-11-15(18)8-4/h13-15,17H,5-12H2,1-4H3. The Balaban J connectivity index is 2.72. The second-order valence-electron chi connectivity index (χ2n) is 5.84. The molecule has 1 aliphatic heterocycles. The van der Waals surface area contributed by atoms with Crippen molar-refractivity contribution in [2.75, 3.05) is 13.1 Å². The molecule has 1 saturated heterocycles. The van der Waals surface area contributed by atoms with Crippen molar-refractivity contribution in [1.29, 1.82) is 0 Å². The lowest BCUT2D eigenvalue weighted by atomic mass is 9.94. The third kappa shape index (κ3) is 4.48. The first-order valence-corrected chi connectivity index (χ1v) is 8.21. The van der Waals surface area contributed by atoms with Gasteiger partial charge in [-0.15, -0.1) is 0 Å². The fourth-order valence-electron chi connectivity index (χ4n) is 3.09. The van der Waals surface area contributed by atoms with Crippen molar-refractivity contribution >= 4 is 5.91 Å². The molecule has 3 nitrogen and oxygen atoms in total. The van der Waals surface area contributed by atoms with Gasteiger partial charge in [0.15, 0.2) is 0 Å². The Morgan fingerprint density at radius 2 is 1.79 bits per heavy atom. The van der Waals surface area contributed by atoms with E-state index in [1.807, 2.05) is 0 Å². The van der Waals surface area contributed by atoms with Crippen LogP contribution in [0.1, 0.15) is 66.2 Å². The predicted molar refractivity (Wildman–Crippen MR) is 81.2 cm³/mol. The first-order chi connectivity index (χ1) is 9.17. The zero-order chi connectivity index (χ0) is 14.3. The van der Waals surface area contributed by atoms with Gasteiger partial charge in [0.25, 0.3) is 0 Å². The van der Waals surface area contributed by atoms with Crippen LogP contribution < -0.4 is 5.32 Å². The van der Waals surface area contributed by atoms with E-state index in [0.29, 0.717) is 18.0 Å². The minimum Gasteiger partial charge on any atom is -0.337 e. The van der Waals surface area contributed by atoms with E-state index in [1.165, 1.54) is 0 Å². The average Bonchev–Trinajstić information content (AvgIpc) is 2.45. The van der Waals surface area contributed by atoms with Crippen LogP contribution in [0.5, 0.6) is 0 Å². The molecule has 1 rings (SSSR count). The third-order valence-electron chi connectivity index (χ3n) is 4.37. The van der Waals surface area contributed by atoms with Crippen LogP contribution in [0.4, 0.5) is 0 Å². The van der Waals surface area contributed by atoms with Gasteiger partial charge < -0.3 is 10.2 Å². The van der Waals surface area contributed by atoms with Crippen LogP contribution in [0.2, 0.25) is 0 Å². The number of rotatable bonds is 7. The molecule has 0 bridgehead atoms. The molecule has 1 N–H and O–H groups in total. The maximum absolute atomic E-state index is 12.8. The average molecular weight is 268 g/mol. The number of piperazine rings is 1. The molecule has 1 aliphatic rings. The van der Waals surface area contributed by atoms with E-state index >= 15 is 0 Å². The fourth-order valence-corrected chi connectivity index (χ4v) is 3.09. The Hall–Kier alpha value is -0.570. The zero-order valence-electron chi connectivity index (χ0n) is 13.2. The number of amides is 1. The van der Waals surface area contributed by atoms with Crippen LogP contribution in [-0.2, 0) is 4.79 Å². The minimum absolute atomic E-state index is 0.250. The van der Waals surface area contributed by atoms with Crippen LogP contribution >= 0.6 is 0 Å². The van der Waals surface area contributed by atoms with Crippen LogP contribution in [0.3, 0.4) is 0 Å². The van der Waals surface area contributed by atoms with Crippen LogP contribution in [0.15, 0.2) is 0 Å². The molecule has 19 heavy (non-hydrogen) atoms. The summed E-state index contributed by atoms with van der Waals surface area (Å²) in [6.45, 7) is 10.6. The highest BCUT2D eigenvalue weighted by Crippen LogP contribution is 2.21. The van der Waals surface area contributed by atoms with E-state index in [9.17, 15) is 4.79 Å². The van der Waals surface area contributed by atoms with E-state index < -0.39 is 0 Å². The summed E-state index contributed by atoms with van der Waals surface area (Å²) < 4.78 is 0. The van der Waals surface area contributed by atoms with Crippen molar-refractivity contribution in [3.63, 3.8) is 0 Å². The molecule has 0 aliphatic carbocycles. The minimum atomic E-state index is 0.250. The molecule has 1 heterocycles. The second-order valence-corrected chi connectivity index (χ2v) is 5.84. The SMILES string of the molecule is CCCC(CCC)C(=O)N1CC(CC)NCC1CC. The van der Waals surface area contributed by atoms with Gasteiger partial charge >= 0.3 is 0 Å². The highest BCUT2D eigenvalue weighted by Gasteiger charge is 2.32. The van der Waals surface area contributed by atoms with E-state index in [2.05, 4.69) is 37.9 Å². The summed E-state index contributed by atoms with van der Waals surface area (Å²) in [6.07, 6.45) is 6.47. The molecule has 0 saturated carbocycles. The topological polar surface area (TPSA) is 32.3 Å². The predicted octanol–water partition coefficient (Wildman–Crippen LogP) is 3.19. The number of nitrogens with zero attached hydrogens (tertiary/aromatic N) is 1. The lowest BCUT2D eigenvalue weighted by Gasteiger charge is -2.41. The van der Waals surface area contributed by atoms with E-state index in [0.717, 1.165) is 51.6 Å². The van der Waals surface area contributed by atoms with E-state index in [-0.39, 0.29) is 5.92 Å². The van der Waals surface area contributed by atoms with Gasteiger partial charge in [0, 0.05) is 31.1 Å². The first-order valence-electron chi connectivity index (χ1n) is 8.21. The summed E-state index contributed by atoms with van der Waals surface area (Å²) >= 11 is 0. The van der Waals surface area contributed by atoms with Crippen LogP contribution in [0.25, 0.3) is 0 Å². The number of carbonyl (C=O) groups excluding carboxylic acids is 1. The number of hydrogen-bond donors (Lipinski definition) is 1. The second kappa shape index (κ2) is 8.57. The molecule has 3 heteroatoms. The summed E-state index contributed by atoms with van der Waals surface area (Å²) in [6, 6.07) is 0.877. The first kappa shape index (κ1) is 16.5.